The normalized spacial score (nSPS) is 13.5. The second-order valence-electron chi connectivity index (χ2n) is 3.25. The quantitative estimate of drug-likeness (QED) is 0.690. The van der Waals surface area contributed by atoms with E-state index in [4.69, 9.17) is 5.73 Å². The Kier molecular flexibility index (Phi) is 4.11. The molecule has 0 saturated heterocycles. The third-order valence-corrected chi connectivity index (χ3v) is 2.96. The monoisotopic (exact) mass is 179 g/mol. The molecule has 1 nitrogen and oxygen atoms in total. The van der Waals surface area contributed by atoms with Crippen molar-refractivity contribution in [1.82, 2.24) is 0 Å². The van der Waals surface area contributed by atoms with Gasteiger partial charge >= 0.3 is 0 Å². The van der Waals surface area contributed by atoms with Gasteiger partial charge in [0.1, 0.15) is 0 Å². The number of hydrogen-bond donors (Lipinski definition) is 1. The van der Waals surface area contributed by atoms with Crippen molar-refractivity contribution in [3.05, 3.63) is 0 Å². The highest BCUT2D eigenvalue weighted by molar-refractivity contribution is 4.90. The molecule has 0 saturated carbocycles. The summed E-state index contributed by atoms with van der Waals surface area (Å²) >= 11 is 0. The van der Waals surface area contributed by atoms with E-state index in [-0.39, 0.29) is 13.0 Å². The van der Waals surface area contributed by atoms with Crippen LogP contribution < -0.4 is 5.73 Å². The van der Waals surface area contributed by atoms with Gasteiger partial charge < -0.3 is 5.73 Å². The maximum Gasteiger partial charge on any atom is 0.254 e. The van der Waals surface area contributed by atoms with Crippen molar-refractivity contribution in [1.29, 1.82) is 0 Å². The molecule has 0 spiro atoms. The Hall–Kier alpha value is -0.180. The number of rotatable bonds is 5. The van der Waals surface area contributed by atoms with E-state index in [9.17, 15) is 8.78 Å². The molecule has 3 heteroatoms. The van der Waals surface area contributed by atoms with E-state index >= 15 is 0 Å². The molecule has 0 bridgehead atoms. The van der Waals surface area contributed by atoms with Gasteiger partial charge in [-0.05, 0) is 12.8 Å². The van der Waals surface area contributed by atoms with Crippen LogP contribution in [-0.2, 0) is 0 Å². The Morgan fingerprint density at radius 2 is 1.42 bits per heavy atom. The number of halogens is 2. The second-order valence-corrected chi connectivity index (χ2v) is 3.25. The molecule has 0 aliphatic carbocycles. The highest BCUT2D eigenvalue weighted by Gasteiger charge is 2.48. The Labute approximate surface area is 73.3 Å². The lowest BCUT2D eigenvalue weighted by atomic mass is 9.75. The number of nitrogens with two attached hydrogens (primary N) is 1. The molecule has 0 unspecified atom stereocenters. The molecule has 74 valence electrons. The van der Waals surface area contributed by atoms with Crippen LogP contribution in [0.15, 0.2) is 0 Å². The Morgan fingerprint density at radius 1 is 1.00 bits per heavy atom. The molecule has 0 aliphatic rings. The van der Waals surface area contributed by atoms with Crippen molar-refractivity contribution in [3.63, 3.8) is 0 Å². The molecule has 0 heterocycles. The largest absolute Gasteiger partial charge is 0.330 e. The average Bonchev–Trinajstić information content (AvgIpc) is 2.08. The first-order valence-corrected chi connectivity index (χ1v) is 4.57. The minimum atomic E-state index is -2.62. The third kappa shape index (κ3) is 1.76. The lowest BCUT2D eigenvalue weighted by molar-refractivity contribution is -0.125. The van der Waals surface area contributed by atoms with Crippen LogP contribution in [0.2, 0.25) is 0 Å². The molecule has 0 amide bonds. The predicted molar refractivity (Wildman–Crippen MR) is 47.3 cm³/mol. The zero-order valence-electron chi connectivity index (χ0n) is 8.16. The van der Waals surface area contributed by atoms with Crippen LogP contribution >= 0.6 is 0 Å². The van der Waals surface area contributed by atoms with Crippen LogP contribution in [0, 0.1) is 5.41 Å². The molecule has 2 N–H and O–H groups in total. The molecule has 0 atom stereocenters. The summed E-state index contributed by atoms with van der Waals surface area (Å²) in [5, 5.41) is 0. The van der Waals surface area contributed by atoms with Gasteiger partial charge in [-0.2, -0.15) is 0 Å². The van der Waals surface area contributed by atoms with Gasteiger partial charge in [0.15, 0.2) is 0 Å². The van der Waals surface area contributed by atoms with Gasteiger partial charge in [-0.1, -0.05) is 20.8 Å². The summed E-state index contributed by atoms with van der Waals surface area (Å²) in [6, 6.07) is 0. The number of hydrogen-bond acceptors (Lipinski definition) is 1. The standard InChI is InChI=1S/C9H19F2N/c1-4-8(5-2,7-12)9(10,11)6-3/h4-7,12H2,1-3H3. The van der Waals surface area contributed by atoms with E-state index in [1.807, 2.05) is 0 Å². The van der Waals surface area contributed by atoms with E-state index in [0.29, 0.717) is 12.8 Å². The lowest BCUT2D eigenvalue weighted by Crippen LogP contribution is -2.45. The van der Waals surface area contributed by atoms with Gasteiger partial charge in [0.05, 0.1) is 0 Å². The van der Waals surface area contributed by atoms with Crippen molar-refractivity contribution in [3.8, 4) is 0 Å². The van der Waals surface area contributed by atoms with Crippen molar-refractivity contribution in [2.45, 2.75) is 46.0 Å². The smallest absolute Gasteiger partial charge is 0.254 e. The third-order valence-electron chi connectivity index (χ3n) is 2.96. The van der Waals surface area contributed by atoms with Gasteiger partial charge in [-0.15, -0.1) is 0 Å². The van der Waals surface area contributed by atoms with Crippen LogP contribution in [0.1, 0.15) is 40.0 Å². The molecule has 0 fully saturated rings. The van der Waals surface area contributed by atoms with E-state index in [1.165, 1.54) is 6.92 Å². The molecular weight excluding hydrogens is 160 g/mol. The Balaban J connectivity index is 4.69. The van der Waals surface area contributed by atoms with Crippen LogP contribution in [0.5, 0.6) is 0 Å². The van der Waals surface area contributed by atoms with Crippen LogP contribution in [0.3, 0.4) is 0 Å². The maximum atomic E-state index is 13.4. The summed E-state index contributed by atoms with van der Waals surface area (Å²) in [5.41, 5.74) is 4.43. The molecule has 0 rings (SSSR count). The van der Waals surface area contributed by atoms with Gasteiger partial charge in [-0.3, -0.25) is 0 Å². The van der Waals surface area contributed by atoms with Crippen LogP contribution in [0.25, 0.3) is 0 Å². The van der Waals surface area contributed by atoms with E-state index in [0.717, 1.165) is 0 Å². The average molecular weight is 179 g/mol. The highest BCUT2D eigenvalue weighted by atomic mass is 19.3. The zero-order chi connectivity index (χ0) is 9.83. The van der Waals surface area contributed by atoms with E-state index in [1.54, 1.807) is 13.8 Å². The van der Waals surface area contributed by atoms with Crippen molar-refractivity contribution in [2.75, 3.05) is 6.54 Å². The molecule has 0 aromatic rings. The fourth-order valence-corrected chi connectivity index (χ4v) is 1.58. The van der Waals surface area contributed by atoms with Gasteiger partial charge in [0.25, 0.3) is 5.92 Å². The Bertz CT molecular complexity index is 122. The van der Waals surface area contributed by atoms with Crippen LogP contribution in [-0.4, -0.2) is 12.5 Å². The first-order valence-electron chi connectivity index (χ1n) is 4.57. The van der Waals surface area contributed by atoms with Gasteiger partial charge in [0, 0.05) is 18.4 Å². The maximum absolute atomic E-state index is 13.4. The van der Waals surface area contributed by atoms with E-state index in [2.05, 4.69) is 0 Å². The predicted octanol–water partition coefficient (Wildman–Crippen LogP) is 2.80. The molecule has 12 heavy (non-hydrogen) atoms. The zero-order valence-corrected chi connectivity index (χ0v) is 8.16. The van der Waals surface area contributed by atoms with Crippen LogP contribution in [0.4, 0.5) is 8.78 Å². The summed E-state index contributed by atoms with van der Waals surface area (Å²) in [6.07, 6.45) is 0.771. The van der Waals surface area contributed by atoms with Gasteiger partial charge in [-0.25, -0.2) is 8.78 Å². The molecular formula is C9H19F2N. The molecule has 0 aromatic carbocycles. The van der Waals surface area contributed by atoms with Crippen molar-refractivity contribution < 1.29 is 8.78 Å². The summed E-state index contributed by atoms with van der Waals surface area (Å²) < 4.78 is 26.8. The first-order chi connectivity index (χ1) is 5.49. The summed E-state index contributed by atoms with van der Waals surface area (Å²) in [4.78, 5) is 0. The highest BCUT2D eigenvalue weighted by Crippen LogP contribution is 2.43. The second kappa shape index (κ2) is 4.17. The minimum absolute atomic E-state index is 0.0703. The number of alkyl halides is 2. The summed E-state index contributed by atoms with van der Waals surface area (Å²) in [5.74, 6) is -2.62. The summed E-state index contributed by atoms with van der Waals surface area (Å²) in [6.45, 7) is 5.14. The topological polar surface area (TPSA) is 26.0 Å². The SMILES string of the molecule is CCC(F)(F)C(CC)(CC)CN. The fourth-order valence-electron chi connectivity index (χ4n) is 1.58. The summed E-state index contributed by atoms with van der Waals surface area (Å²) in [7, 11) is 0. The molecule has 0 aliphatic heterocycles. The van der Waals surface area contributed by atoms with Crippen molar-refractivity contribution in [2.24, 2.45) is 11.1 Å². The van der Waals surface area contributed by atoms with Crippen molar-refractivity contribution >= 4 is 0 Å². The first kappa shape index (κ1) is 11.8. The lowest BCUT2D eigenvalue weighted by Gasteiger charge is -2.37. The molecule has 0 radical (unpaired) electrons. The van der Waals surface area contributed by atoms with E-state index < -0.39 is 11.3 Å². The fraction of sp³-hybridized carbons (Fsp3) is 1.00. The van der Waals surface area contributed by atoms with Gasteiger partial charge in [0.2, 0.25) is 0 Å². The minimum Gasteiger partial charge on any atom is -0.330 e. The Morgan fingerprint density at radius 3 is 1.50 bits per heavy atom. The molecule has 0 aromatic heterocycles.